The predicted molar refractivity (Wildman–Crippen MR) is 65.2 cm³/mol. The summed E-state index contributed by atoms with van der Waals surface area (Å²) in [5, 5.41) is 11.5. The summed E-state index contributed by atoms with van der Waals surface area (Å²) in [7, 11) is 0. The molecule has 0 aliphatic heterocycles. The Morgan fingerprint density at radius 3 is 2.44 bits per heavy atom. The normalized spacial score (nSPS) is 9.83. The number of nitriles is 1. The second-order valence-electron chi connectivity index (χ2n) is 3.60. The summed E-state index contributed by atoms with van der Waals surface area (Å²) < 4.78 is 26.5. The van der Waals surface area contributed by atoms with Crippen LogP contribution in [0.5, 0.6) is 0 Å². The van der Waals surface area contributed by atoms with Gasteiger partial charge >= 0.3 is 0 Å². The van der Waals surface area contributed by atoms with Crippen LogP contribution < -0.4 is 11.1 Å². The van der Waals surface area contributed by atoms with Crippen molar-refractivity contribution < 1.29 is 8.78 Å². The van der Waals surface area contributed by atoms with Crippen molar-refractivity contribution in [2.45, 2.75) is 0 Å². The van der Waals surface area contributed by atoms with Gasteiger partial charge in [-0.1, -0.05) is 12.1 Å². The average Bonchev–Trinajstić information content (AvgIpc) is 2.37. The molecule has 0 atom stereocenters. The van der Waals surface area contributed by atoms with E-state index in [1.165, 1.54) is 12.1 Å². The van der Waals surface area contributed by atoms with Crippen molar-refractivity contribution in [3.8, 4) is 6.07 Å². The molecular weight excluding hydrogens is 236 g/mol. The Morgan fingerprint density at radius 2 is 1.72 bits per heavy atom. The van der Waals surface area contributed by atoms with E-state index in [1.54, 1.807) is 18.2 Å². The molecule has 0 aliphatic carbocycles. The molecule has 3 nitrogen and oxygen atoms in total. The van der Waals surface area contributed by atoms with Crippen LogP contribution in [0.25, 0.3) is 0 Å². The maximum Gasteiger partial charge on any atom is 0.182 e. The van der Waals surface area contributed by atoms with Crippen LogP contribution in [-0.4, -0.2) is 0 Å². The Hall–Kier alpha value is -2.61. The molecule has 90 valence electrons. The first-order chi connectivity index (χ1) is 8.63. The van der Waals surface area contributed by atoms with Crippen LogP contribution in [0.4, 0.5) is 25.8 Å². The number of nitrogen functional groups attached to an aromatic ring is 1. The Balaban J connectivity index is 2.41. The van der Waals surface area contributed by atoms with E-state index in [0.29, 0.717) is 5.69 Å². The molecule has 0 fully saturated rings. The molecule has 0 saturated heterocycles. The summed E-state index contributed by atoms with van der Waals surface area (Å²) >= 11 is 0. The Bertz CT molecular complexity index is 633. The van der Waals surface area contributed by atoms with Gasteiger partial charge in [0.25, 0.3) is 0 Å². The average molecular weight is 245 g/mol. The number of nitrogens with zero attached hydrogens (tertiary/aromatic N) is 1. The van der Waals surface area contributed by atoms with Crippen molar-refractivity contribution in [2.75, 3.05) is 11.1 Å². The molecule has 5 heteroatoms. The maximum atomic E-state index is 13.5. The monoisotopic (exact) mass is 245 g/mol. The number of rotatable bonds is 2. The molecule has 0 radical (unpaired) electrons. The van der Waals surface area contributed by atoms with E-state index in [2.05, 4.69) is 5.32 Å². The van der Waals surface area contributed by atoms with Crippen molar-refractivity contribution in [1.82, 2.24) is 0 Å². The Morgan fingerprint density at radius 1 is 1.06 bits per heavy atom. The van der Waals surface area contributed by atoms with Gasteiger partial charge in [-0.15, -0.1) is 0 Å². The zero-order valence-corrected chi connectivity index (χ0v) is 9.24. The molecule has 2 rings (SSSR count). The van der Waals surface area contributed by atoms with Crippen LogP contribution in [0.15, 0.2) is 36.4 Å². The summed E-state index contributed by atoms with van der Waals surface area (Å²) in [5.74, 6) is -1.94. The van der Waals surface area contributed by atoms with Gasteiger partial charge in [0.1, 0.15) is 6.07 Å². The van der Waals surface area contributed by atoms with E-state index in [4.69, 9.17) is 11.0 Å². The van der Waals surface area contributed by atoms with Gasteiger partial charge in [-0.2, -0.15) is 5.26 Å². The number of nitrogens with one attached hydrogen (secondary N) is 1. The highest BCUT2D eigenvalue weighted by Crippen LogP contribution is 2.27. The highest BCUT2D eigenvalue weighted by molar-refractivity contribution is 5.77. The van der Waals surface area contributed by atoms with Crippen LogP contribution in [-0.2, 0) is 0 Å². The van der Waals surface area contributed by atoms with Crippen LogP contribution in [0.2, 0.25) is 0 Å². The van der Waals surface area contributed by atoms with Crippen LogP contribution in [0.1, 0.15) is 5.56 Å². The number of anilines is 3. The first-order valence-electron chi connectivity index (χ1n) is 5.13. The van der Waals surface area contributed by atoms with Gasteiger partial charge in [0.05, 0.1) is 22.6 Å². The van der Waals surface area contributed by atoms with Crippen molar-refractivity contribution in [3.05, 3.63) is 53.6 Å². The summed E-state index contributed by atoms with van der Waals surface area (Å²) in [6, 6.07) is 10.4. The van der Waals surface area contributed by atoms with Crippen LogP contribution in [0, 0.1) is 23.0 Å². The van der Waals surface area contributed by atoms with Gasteiger partial charge in [-0.25, -0.2) is 8.78 Å². The predicted octanol–water partition coefficient (Wildman–Crippen LogP) is 3.16. The molecule has 0 unspecified atom stereocenters. The molecule has 0 spiro atoms. The topological polar surface area (TPSA) is 61.8 Å². The van der Waals surface area contributed by atoms with E-state index in [0.717, 1.165) is 6.07 Å². The minimum absolute atomic E-state index is 0.0308. The van der Waals surface area contributed by atoms with E-state index in [-0.39, 0.29) is 16.9 Å². The number of halogens is 2. The van der Waals surface area contributed by atoms with E-state index < -0.39 is 11.6 Å². The lowest BCUT2D eigenvalue weighted by molar-refractivity contribution is 0.512. The summed E-state index contributed by atoms with van der Waals surface area (Å²) in [6.45, 7) is 0. The highest BCUT2D eigenvalue weighted by Gasteiger charge is 2.10. The van der Waals surface area contributed by atoms with Gasteiger partial charge in [0.2, 0.25) is 0 Å². The van der Waals surface area contributed by atoms with Crippen molar-refractivity contribution in [2.24, 2.45) is 0 Å². The zero-order chi connectivity index (χ0) is 13.1. The first-order valence-corrected chi connectivity index (χ1v) is 5.13. The van der Waals surface area contributed by atoms with Gasteiger partial charge < -0.3 is 11.1 Å². The Kier molecular flexibility index (Phi) is 3.11. The molecule has 2 aromatic rings. The fourth-order valence-electron chi connectivity index (χ4n) is 1.52. The number of hydrogen-bond donors (Lipinski definition) is 2. The quantitative estimate of drug-likeness (QED) is 0.799. The molecule has 0 aliphatic rings. The third-order valence-corrected chi connectivity index (χ3v) is 2.45. The summed E-state index contributed by atoms with van der Waals surface area (Å²) in [5.41, 5.74) is 6.53. The van der Waals surface area contributed by atoms with E-state index in [9.17, 15) is 8.78 Å². The van der Waals surface area contributed by atoms with Gasteiger partial charge in [-0.05, 0) is 24.3 Å². The maximum absolute atomic E-state index is 13.5. The molecule has 0 aromatic heterocycles. The standard InChI is InChI=1S/C13H9F2N3/c14-9-4-2-5-10(12(9)15)18-11-6-1-3-8(7-16)13(11)17/h1-6,18H,17H2. The number of para-hydroxylation sites is 1. The largest absolute Gasteiger partial charge is 0.396 e. The molecule has 0 heterocycles. The third kappa shape index (κ3) is 2.09. The highest BCUT2D eigenvalue weighted by atomic mass is 19.2. The van der Waals surface area contributed by atoms with Crippen LogP contribution in [0.3, 0.4) is 0 Å². The molecule has 0 saturated carbocycles. The second-order valence-corrected chi connectivity index (χ2v) is 3.60. The van der Waals surface area contributed by atoms with Crippen molar-refractivity contribution >= 4 is 17.1 Å². The minimum Gasteiger partial charge on any atom is -0.396 e. The number of hydrogen-bond acceptors (Lipinski definition) is 3. The fraction of sp³-hybridized carbons (Fsp3) is 0. The summed E-state index contributed by atoms with van der Waals surface area (Å²) in [6.07, 6.45) is 0. The number of benzene rings is 2. The lowest BCUT2D eigenvalue weighted by atomic mass is 10.1. The molecular formula is C13H9F2N3. The van der Waals surface area contributed by atoms with Gasteiger partial charge in [0, 0.05) is 0 Å². The molecule has 0 amide bonds. The van der Waals surface area contributed by atoms with Crippen molar-refractivity contribution in [1.29, 1.82) is 5.26 Å². The van der Waals surface area contributed by atoms with E-state index in [1.807, 2.05) is 6.07 Å². The van der Waals surface area contributed by atoms with Gasteiger partial charge in [0.15, 0.2) is 11.6 Å². The zero-order valence-electron chi connectivity index (χ0n) is 9.24. The minimum atomic E-state index is -0.987. The van der Waals surface area contributed by atoms with Crippen molar-refractivity contribution in [3.63, 3.8) is 0 Å². The lowest BCUT2D eigenvalue weighted by Gasteiger charge is -2.11. The fourth-order valence-corrected chi connectivity index (χ4v) is 1.52. The number of nitrogens with two attached hydrogens (primary N) is 1. The molecule has 18 heavy (non-hydrogen) atoms. The third-order valence-electron chi connectivity index (χ3n) is 2.45. The smallest absolute Gasteiger partial charge is 0.182 e. The molecule has 3 N–H and O–H groups in total. The van der Waals surface area contributed by atoms with E-state index >= 15 is 0 Å². The Labute approximate surface area is 102 Å². The summed E-state index contributed by atoms with van der Waals surface area (Å²) in [4.78, 5) is 0. The molecule has 2 aromatic carbocycles. The van der Waals surface area contributed by atoms with Crippen LogP contribution >= 0.6 is 0 Å². The first kappa shape index (κ1) is 11.9. The lowest BCUT2D eigenvalue weighted by Crippen LogP contribution is -2.01. The second kappa shape index (κ2) is 4.72. The molecule has 0 bridgehead atoms. The SMILES string of the molecule is N#Cc1cccc(Nc2cccc(F)c2F)c1N. The van der Waals surface area contributed by atoms with Gasteiger partial charge in [-0.3, -0.25) is 0 Å².